The van der Waals surface area contributed by atoms with E-state index in [0.29, 0.717) is 6.42 Å². The van der Waals surface area contributed by atoms with Gasteiger partial charge in [-0.3, -0.25) is 0 Å². The fourth-order valence-corrected chi connectivity index (χ4v) is 2.33. The van der Waals surface area contributed by atoms with Crippen LogP contribution in [0.1, 0.15) is 26.2 Å². The summed E-state index contributed by atoms with van der Waals surface area (Å²) in [5, 5.41) is 9.49. The van der Waals surface area contributed by atoms with Crippen LogP contribution in [0, 0.1) is 0 Å². The monoisotopic (exact) mass is 226 g/mol. The van der Waals surface area contributed by atoms with Crippen molar-refractivity contribution in [1.29, 1.82) is 0 Å². The van der Waals surface area contributed by atoms with Crippen molar-refractivity contribution in [1.82, 2.24) is 0 Å². The van der Waals surface area contributed by atoms with Gasteiger partial charge in [0.15, 0.2) is 0 Å². The number of hydrogen-bond donors (Lipinski definition) is 1. The Kier molecular flexibility index (Phi) is 2.11. The van der Waals surface area contributed by atoms with E-state index in [1.165, 1.54) is 0 Å². The van der Waals surface area contributed by atoms with Crippen LogP contribution in [0.25, 0.3) is 0 Å². The Labute approximate surface area is 80.8 Å². The van der Waals surface area contributed by atoms with Gasteiger partial charge >= 0.3 is 22.2 Å². The largest absolute Gasteiger partial charge is 0.407 e. The van der Waals surface area contributed by atoms with Crippen molar-refractivity contribution >= 4 is 10.4 Å². The molecule has 0 spiro atoms. The summed E-state index contributed by atoms with van der Waals surface area (Å²) in [6.07, 6.45) is 1.59. The van der Waals surface area contributed by atoms with Crippen molar-refractivity contribution in [2.45, 2.75) is 37.9 Å². The Morgan fingerprint density at radius 1 is 1.29 bits per heavy atom. The van der Waals surface area contributed by atoms with Gasteiger partial charge in [0, 0.05) is 6.42 Å². The first-order chi connectivity index (χ1) is 6.43. The normalized spacial score (nSPS) is 44.4. The molecule has 0 aromatic rings. The summed E-state index contributed by atoms with van der Waals surface area (Å²) in [4.78, 5) is 8.71. The molecule has 14 heavy (non-hydrogen) atoms. The van der Waals surface area contributed by atoms with E-state index in [9.17, 15) is 13.5 Å². The number of aliphatic hydroxyl groups is 1. The van der Waals surface area contributed by atoms with E-state index in [0.717, 1.165) is 6.42 Å². The zero-order chi connectivity index (χ0) is 10.4. The van der Waals surface area contributed by atoms with Gasteiger partial charge in [-0.15, -0.1) is 0 Å². The maximum atomic E-state index is 10.9. The maximum Gasteiger partial charge on any atom is 0.407 e. The quantitative estimate of drug-likeness (QED) is 0.664. The molecule has 7 nitrogen and oxygen atoms in total. The van der Waals surface area contributed by atoms with E-state index in [1.54, 1.807) is 0 Å². The fourth-order valence-electron chi connectivity index (χ4n) is 1.32. The molecular weight excluding hydrogens is 216 g/mol. The molecule has 8 heteroatoms. The van der Waals surface area contributed by atoms with Gasteiger partial charge in [-0.1, -0.05) is 13.3 Å². The molecule has 82 valence electrons. The van der Waals surface area contributed by atoms with E-state index in [1.807, 2.05) is 6.92 Å². The number of unbranched alkanes of at least 4 members (excludes halogenated alkanes) is 1. The van der Waals surface area contributed by atoms with Crippen molar-refractivity contribution < 1.29 is 31.7 Å². The summed E-state index contributed by atoms with van der Waals surface area (Å²) in [7, 11) is -4.23. The van der Waals surface area contributed by atoms with Crippen LogP contribution in [-0.2, 0) is 28.5 Å². The van der Waals surface area contributed by atoms with Crippen molar-refractivity contribution in [2.24, 2.45) is 0 Å². The lowest BCUT2D eigenvalue weighted by Crippen LogP contribution is -2.65. The third-order valence-corrected chi connectivity index (χ3v) is 2.99. The summed E-state index contributed by atoms with van der Waals surface area (Å²) >= 11 is 0. The zero-order valence-corrected chi connectivity index (χ0v) is 8.24. The highest BCUT2D eigenvalue weighted by Crippen LogP contribution is 2.51. The molecule has 2 heterocycles. The summed E-state index contributed by atoms with van der Waals surface area (Å²) in [5.74, 6) is -4.04. The van der Waals surface area contributed by atoms with Gasteiger partial charge in [0.25, 0.3) is 0 Å². The molecule has 0 amide bonds. The third kappa shape index (κ3) is 1.27. The van der Waals surface area contributed by atoms with Crippen LogP contribution in [0.2, 0.25) is 0 Å². The van der Waals surface area contributed by atoms with Gasteiger partial charge in [0.1, 0.15) is 0 Å². The van der Waals surface area contributed by atoms with Gasteiger partial charge in [-0.2, -0.15) is 22.4 Å². The SMILES string of the molecule is CCCCC12OOC1(O)OS(=O)(=O)O2. The molecule has 0 bridgehead atoms. The number of rotatable bonds is 3. The lowest BCUT2D eigenvalue weighted by molar-refractivity contribution is -0.673. The average molecular weight is 226 g/mol. The summed E-state index contributed by atoms with van der Waals surface area (Å²) in [6.45, 7) is 1.90. The molecule has 0 aromatic heterocycles. The van der Waals surface area contributed by atoms with Crippen molar-refractivity contribution in [3.05, 3.63) is 0 Å². The van der Waals surface area contributed by atoms with E-state index < -0.39 is 22.2 Å². The Morgan fingerprint density at radius 2 is 2.00 bits per heavy atom. The van der Waals surface area contributed by atoms with Crippen molar-refractivity contribution in [3.63, 3.8) is 0 Å². The van der Waals surface area contributed by atoms with Crippen LogP contribution in [0.4, 0.5) is 0 Å². The first-order valence-corrected chi connectivity index (χ1v) is 5.52. The lowest BCUT2D eigenvalue weighted by Gasteiger charge is -2.41. The molecule has 0 aromatic carbocycles. The minimum atomic E-state index is -4.23. The molecule has 2 rings (SSSR count). The van der Waals surface area contributed by atoms with Gasteiger partial charge in [-0.05, 0) is 6.42 Å². The van der Waals surface area contributed by atoms with Crippen LogP contribution >= 0.6 is 0 Å². The van der Waals surface area contributed by atoms with Gasteiger partial charge in [-0.25, -0.2) is 4.18 Å². The Morgan fingerprint density at radius 3 is 2.43 bits per heavy atom. The summed E-state index contributed by atoms with van der Waals surface area (Å²) in [6, 6.07) is 0. The summed E-state index contributed by atoms with van der Waals surface area (Å²) in [5.41, 5.74) is 0. The molecule has 2 aliphatic rings. The topological polar surface area (TPSA) is 91.3 Å². The fraction of sp³-hybridized carbons (Fsp3) is 1.00. The molecule has 2 saturated heterocycles. The highest BCUT2D eigenvalue weighted by atomic mass is 32.3. The molecule has 0 radical (unpaired) electrons. The second-order valence-electron chi connectivity index (χ2n) is 3.18. The van der Waals surface area contributed by atoms with E-state index >= 15 is 0 Å². The van der Waals surface area contributed by atoms with Crippen LogP contribution in [0.15, 0.2) is 0 Å². The number of hydrogen-bond acceptors (Lipinski definition) is 7. The zero-order valence-electron chi connectivity index (χ0n) is 7.43. The van der Waals surface area contributed by atoms with E-state index in [-0.39, 0.29) is 6.42 Å². The van der Waals surface area contributed by atoms with Crippen LogP contribution in [0.5, 0.6) is 0 Å². The van der Waals surface area contributed by atoms with Crippen LogP contribution < -0.4 is 0 Å². The summed E-state index contributed by atoms with van der Waals surface area (Å²) < 4.78 is 30.5. The molecule has 0 saturated carbocycles. The van der Waals surface area contributed by atoms with Gasteiger partial charge in [0.05, 0.1) is 0 Å². The third-order valence-electron chi connectivity index (χ3n) is 2.08. The minimum absolute atomic E-state index is 0.180. The second-order valence-corrected chi connectivity index (χ2v) is 4.33. The van der Waals surface area contributed by atoms with E-state index in [4.69, 9.17) is 0 Å². The first-order valence-electron chi connectivity index (χ1n) is 4.18. The lowest BCUT2D eigenvalue weighted by atomic mass is 10.1. The molecule has 0 aliphatic carbocycles. The molecule has 2 fully saturated rings. The standard InChI is InChI=1S/C6H10O7S/c1-2-3-4-5-6(7,11-10-5)13-14(8,9)12-5/h7H,2-4H2,1H3. The maximum absolute atomic E-state index is 10.9. The second kappa shape index (κ2) is 2.87. The predicted molar refractivity (Wildman–Crippen MR) is 40.5 cm³/mol. The molecule has 2 aliphatic heterocycles. The Hall–Kier alpha value is -0.250. The van der Waals surface area contributed by atoms with Crippen LogP contribution in [0.3, 0.4) is 0 Å². The average Bonchev–Trinajstić information content (AvgIpc) is 2.21. The van der Waals surface area contributed by atoms with Gasteiger partial charge < -0.3 is 5.11 Å². The van der Waals surface area contributed by atoms with Crippen molar-refractivity contribution in [3.8, 4) is 0 Å². The predicted octanol–water partition coefficient (Wildman–Crippen LogP) is -0.228. The van der Waals surface area contributed by atoms with Crippen molar-refractivity contribution in [2.75, 3.05) is 0 Å². The van der Waals surface area contributed by atoms with Crippen LogP contribution in [-0.4, -0.2) is 25.3 Å². The first kappa shape index (κ1) is 10.3. The Balaban J connectivity index is 2.19. The molecule has 1 N–H and O–H groups in total. The Bertz CT molecular complexity index is 338. The molecule has 2 atom stereocenters. The number of fused-ring (bicyclic) bond motifs is 1. The molecular formula is C6H10O7S. The highest BCUT2D eigenvalue weighted by molar-refractivity contribution is 7.82. The molecule has 2 unspecified atom stereocenters. The van der Waals surface area contributed by atoms with Gasteiger partial charge in [0.2, 0.25) is 0 Å². The smallest absolute Gasteiger partial charge is 0.336 e. The van der Waals surface area contributed by atoms with E-state index in [2.05, 4.69) is 18.1 Å². The minimum Gasteiger partial charge on any atom is -0.336 e. The highest BCUT2D eigenvalue weighted by Gasteiger charge is 2.76.